The summed E-state index contributed by atoms with van der Waals surface area (Å²) in [7, 11) is 1.86. The van der Waals surface area contributed by atoms with Gasteiger partial charge in [-0.25, -0.2) is 0 Å². The van der Waals surface area contributed by atoms with Crippen molar-refractivity contribution < 1.29 is 9.59 Å². The lowest BCUT2D eigenvalue weighted by atomic mass is 9.94. The summed E-state index contributed by atoms with van der Waals surface area (Å²) in [5.74, 6) is 0.322. The normalized spacial score (nSPS) is 15.8. The molecule has 1 aromatic rings. The number of hydrogen-bond donors (Lipinski definition) is 0. The fraction of sp³-hybridized carbons (Fsp3) is 0.556. The molecular formula is C18H26N2O2S. The third kappa shape index (κ3) is 4.28. The highest BCUT2D eigenvalue weighted by Crippen LogP contribution is 2.22. The van der Waals surface area contributed by atoms with Crippen molar-refractivity contribution in [1.29, 1.82) is 0 Å². The van der Waals surface area contributed by atoms with E-state index in [1.807, 2.05) is 61.2 Å². The minimum absolute atomic E-state index is 0.0466. The lowest BCUT2D eigenvalue weighted by Gasteiger charge is -2.34. The second kappa shape index (κ2) is 7.86. The quantitative estimate of drug-likeness (QED) is 0.794. The average Bonchev–Trinajstić information content (AvgIpc) is 2.60. The molecule has 0 unspecified atom stereocenters. The monoisotopic (exact) mass is 334 g/mol. The molecule has 0 saturated carbocycles. The molecule has 1 heterocycles. The van der Waals surface area contributed by atoms with Gasteiger partial charge in [0.2, 0.25) is 5.91 Å². The minimum atomic E-state index is 0.0466. The van der Waals surface area contributed by atoms with Gasteiger partial charge in [-0.1, -0.05) is 0 Å². The Morgan fingerprint density at radius 2 is 1.74 bits per heavy atom. The summed E-state index contributed by atoms with van der Waals surface area (Å²) in [5.41, 5.74) is 0.729. The molecule has 0 N–H and O–H groups in total. The average molecular weight is 334 g/mol. The molecule has 0 radical (unpaired) electrons. The molecule has 0 bridgehead atoms. The molecule has 1 aliphatic heterocycles. The number of rotatable bonds is 4. The van der Waals surface area contributed by atoms with Gasteiger partial charge in [-0.15, -0.1) is 11.8 Å². The Kier molecular flexibility index (Phi) is 6.10. The van der Waals surface area contributed by atoms with Crippen LogP contribution in [0.5, 0.6) is 0 Å². The second-order valence-electron chi connectivity index (χ2n) is 6.34. The van der Waals surface area contributed by atoms with E-state index in [0.717, 1.165) is 23.3 Å². The third-order valence-corrected chi connectivity index (χ3v) is 5.33. The zero-order valence-corrected chi connectivity index (χ0v) is 15.2. The van der Waals surface area contributed by atoms with Crippen molar-refractivity contribution in [3.63, 3.8) is 0 Å². The first-order chi connectivity index (χ1) is 10.9. The molecule has 126 valence electrons. The number of piperidine rings is 1. The molecule has 0 spiro atoms. The van der Waals surface area contributed by atoms with Gasteiger partial charge < -0.3 is 9.80 Å². The van der Waals surface area contributed by atoms with E-state index < -0.39 is 0 Å². The molecular weight excluding hydrogens is 308 g/mol. The maximum absolute atomic E-state index is 12.5. The van der Waals surface area contributed by atoms with E-state index in [2.05, 4.69) is 0 Å². The fourth-order valence-electron chi connectivity index (χ4n) is 2.79. The lowest BCUT2D eigenvalue weighted by Crippen LogP contribution is -2.45. The number of amides is 2. The van der Waals surface area contributed by atoms with Crippen LogP contribution >= 0.6 is 11.8 Å². The highest BCUT2D eigenvalue weighted by molar-refractivity contribution is 7.98. The van der Waals surface area contributed by atoms with Crippen LogP contribution in [0.2, 0.25) is 0 Å². The predicted octanol–water partition coefficient (Wildman–Crippen LogP) is 3.13. The summed E-state index contributed by atoms with van der Waals surface area (Å²) in [6.07, 6.45) is 3.53. The van der Waals surface area contributed by atoms with E-state index >= 15 is 0 Å². The Balaban J connectivity index is 1.93. The highest BCUT2D eigenvalue weighted by Gasteiger charge is 2.30. The van der Waals surface area contributed by atoms with Crippen molar-refractivity contribution in [2.24, 2.45) is 5.92 Å². The van der Waals surface area contributed by atoms with Crippen molar-refractivity contribution >= 4 is 23.6 Å². The van der Waals surface area contributed by atoms with Crippen molar-refractivity contribution in [2.45, 2.75) is 37.6 Å². The topological polar surface area (TPSA) is 40.6 Å². The van der Waals surface area contributed by atoms with E-state index in [1.165, 1.54) is 0 Å². The van der Waals surface area contributed by atoms with Crippen LogP contribution in [0.15, 0.2) is 29.2 Å². The van der Waals surface area contributed by atoms with Crippen LogP contribution in [0.1, 0.15) is 37.0 Å². The SMILES string of the molecule is CSc1ccc(C(=O)N2CCC(C(=O)N(C)C(C)C)CC2)cc1. The van der Waals surface area contributed by atoms with E-state index in [0.29, 0.717) is 13.1 Å². The van der Waals surface area contributed by atoms with E-state index in [1.54, 1.807) is 11.8 Å². The molecule has 23 heavy (non-hydrogen) atoms. The molecule has 0 aromatic heterocycles. The van der Waals surface area contributed by atoms with Gasteiger partial charge in [-0.2, -0.15) is 0 Å². The molecule has 4 nitrogen and oxygen atoms in total. The van der Waals surface area contributed by atoms with Crippen molar-refractivity contribution in [3.05, 3.63) is 29.8 Å². The maximum Gasteiger partial charge on any atom is 0.253 e. The maximum atomic E-state index is 12.5. The largest absolute Gasteiger partial charge is 0.343 e. The van der Waals surface area contributed by atoms with Crippen LogP contribution in [0.3, 0.4) is 0 Å². The summed E-state index contributed by atoms with van der Waals surface area (Å²) >= 11 is 1.67. The number of carbonyl (C=O) groups is 2. The summed E-state index contributed by atoms with van der Waals surface area (Å²) in [6, 6.07) is 7.95. The smallest absolute Gasteiger partial charge is 0.253 e. The van der Waals surface area contributed by atoms with Gasteiger partial charge >= 0.3 is 0 Å². The molecule has 0 atom stereocenters. The highest BCUT2D eigenvalue weighted by atomic mass is 32.2. The van der Waals surface area contributed by atoms with Gasteiger partial charge in [-0.05, 0) is 57.2 Å². The standard InChI is InChI=1S/C18H26N2O2S/c1-13(2)19(3)17(21)15-9-11-20(12-10-15)18(22)14-5-7-16(23-4)8-6-14/h5-8,13,15H,9-12H2,1-4H3. The van der Waals surface area contributed by atoms with E-state index in [4.69, 9.17) is 0 Å². The molecule has 1 fully saturated rings. The van der Waals surface area contributed by atoms with Gasteiger partial charge in [0, 0.05) is 42.6 Å². The molecule has 1 saturated heterocycles. The Morgan fingerprint density at radius 1 is 1.17 bits per heavy atom. The Labute approximate surface area is 143 Å². The molecule has 5 heteroatoms. The van der Waals surface area contributed by atoms with Crippen LogP contribution in [0, 0.1) is 5.92 Å². The number of thioether (sulfide) groups is 1. The molecule has 2 amide bonds. The lowest BCUT2D eigenvalue weighted by molar-refractivity contribution is -0.137. The Morgan fingerprint density at radius 3 is 2.22 bits per heavy atom. The van der Waals surface area contributed by atoms with E-state index in [9.17, 15) is 9.59 Å². The van der Waals surface area contributed by atoms with Gasteiger partial charge in [-0.3, -0.25) is 9.59 Å². The van der Waals surface area contributed by atoms with Crippen LogP contribution in [0.25, 0.3) is 0 Å². The first-order valence-electron chi connectivity index (χ1n) is 8.14. The van der Waals surface area contributed by atoms with Crippen LogP contribution in [-0.4, -0.2) is 54.0 Å². The van der Waals surface area contributed by atoms with Crippen molar-refractivity contribution in [1.82, 2.24) is 9.80 Å². The van der Waals surface area contributed by atoms with Gasteiger partial charge in [0.25, 0.3) is 5.91 Å². The number of benzene rings is 1. The molecule has 2 rings (SSSR count). The number of likely N-dealkylation sites (tertiary alicyclic amines) is 1. The van der Waals surface area contributed by atoms with Crippen LogP contribution < -0.4 is 0 Å². The second-order valence-corrected chi connectivity index (χ2v) is 7.22. The first kappa shape index (κ1) is 17.9. The number of nitrogens with zero attached hydrogens (tertiary/aromatic N) is 2. The van der Waals surface area contributed by atoms with Crippen LogP contribution in [0.4, 0.5) is 0 Å². The third-order valence-electron chi connectivity index (χ3n) is 4.59. The zero-order valence-electron chi connectivity index (χ0n) is 14.4. The van der Waals surface area contributed by atoms with Crippen molar-refractivity contribution in [3.8, 4) is 0 Å². The predicted molar refractivity (Wildman–Crippen MR) is 94.8 cm³/mol. The molecule has 1 aliphatic rings. The number of hydrogen-bond acceptors (Lipinski definition) is 3. The Hall–Kier alpha value is -1.49. The summed E-state index contributed by atoms with van der Waals surface area (Å²) in [4.78, 5) is 29.8. The summed E-state index contributed by atoms with van der Waals surface area (Å²) < 4.78 is 0. The molecule has 0 aliphatic carbocycles. The van der Waals surface area contributed by atoms with Gasteiger partial charge in [0.1, 0.15) is 0 Å². The zero-order chi connectivity index (χ0) is 17.0. The van der Waals surface area contributed by atoms with E-state index in [-0.39, 0.29) is 23.8 Å². The summed E-state index contributed by atoms with van der Waals surface area (Å²) in [5, 5.41) is 0. The van der Waals surface area contributed by atoms with Crippen LogP contribution in [-0.2, 0) is 4.79 Å². The molecule has 1 aromatic carbocycles. The first-order valence-corrected chi connectivity index (χ1v) is 9.36. The number of carbonyl (C=O) groups excluding carboxylic acids is 2. The van der Waals surface area contributed by atoms with Crippen molar-refractivity contribution in [2.75, 3.05) is 26.4 Å². The summed E-state index contributed by atoms with van der Waals surface area (Å²) in [6.45, 7) is 5.36. The van der Waals surface area contributed by atoms with Gasteiger partial charge in [0.05, 0.1) is 0 Å². The Bertz CT molecular complexity index is 549. The van der Waals surface area contributed by atoms with Gasteiger partial charge in [0.15, 0.2) is 0 Å². The fourth-order valence-corrected chi connectivity index (χ4v) is 3.20. The minimum Gasteiger partial charge on any atom is -0.343 e.